The van der Waals surface area contributed by atoms with Crippen LogP contribution in [0.5, 0.6) is 5.75 Å². The van der Waals surface area contributed by atoms with E-state index in [-0.39, 0.29) is 10.8 Å². The average Bonchev–Trinajstić information content (AvgIpc) is 2.31. The van der Waals surface area contributed by atoms with Crippen molar-refractivity contribution in [2.75, 3.05) is 6.54 Å². The Morgan fingerprint density at radius 1 is 1.45 bits per heavy atom. The predicted octanol–water partition coefficient (Wildman–Crippen LogP) is 3.31. The molecule has 0 unspecified atom stereocenters. The number of rotatable bonds is 2. The number of amides is 1. The summed E-state index contributed by atoms with van der Waals surface area (Å²) in [5.41, 5.74) is 0.0501. The Morgan fingerprint density at radius 3 is 2.80 bits per heavy atom. The van der Waals surface area contributed by atoms with Crippen molar-refractivity contribution < 1.29 is 14.6 Å². The molecule has 0 aliphatic rings. The van der Waals surface area contributed by atoms with Crippen LogP contribution in [-0.2, 0) is 4.74 Å². The van der Waals surface area contributed by atoms with Gasteiger partial charge in [-0.3, -0.25) is 0 Å². The lowest BCUT2D eigenvalue weighted by molar-refractivity contribution is 0.0529. The number of hydrogen-bond acceptors (Lipinski definition) is 3. The van der Waals surface area contributed by atoms with Crippen LogP contribution in [0, 0.1) is 11.8 Å². The second kappa shape index (κ2) is 7.06. The molecule has 0 bridgehead atoms. The van der Waals surface area contributed by atoms with Gasteiger partial charge in [0.15, 0.2) is 0 Å². The zero-order valence-corrected chi connectivity index (χ0v) is 12.5. The minimum absolute atomic E-state index is 0.00495. The van der Waals surface area contributed by atoms with E-state index in [1.807, 2.05) is 0 Å². The molecule has 4 nitrogen and oxygen atoms in total. The molecule has 0 aromatic heterocycles. The topological polar surface area (TPSA) is 58.6 Å². The Kier molecular flexibility index (Phi) is 5.72. The van der Waals surface area contributed by atoms with Crippen LogP contribution < -0.4 is 5.32 Å². The molecule has 1 amide bonds. The van der Waals surface area contributed by atoms with Crippen LogP contribution in [0.15, 0.2) is 18.2 Å². The smallest absolute Gasteiger partial charge is 0.407 e. The third-order valence-corrected chi connectivity index (χ3v) is 2.52. The molecule has 0 atom stereocenters. The van der Waals surface area contributed by atoms with E-state index in [4.69, 9.17) is 16.3 Å². The molecule has 5 heteroatoms. The fourth-order valence-electron chi connectivity index (χ4n) is 1.32. The number of aromatic hydroxyl groups is 1. The summed E-state index contributed by atoms with van der Waals surface area (Å²) in [5.74, 6) is 5.72. The van der Waals surface area contributed by atoms with Crippen molar-refractivity contribution >= 4 is 17.7 Å². The highest BCUT2D eigenvalue weighted by atomic mass is 35.5. The van der Waals surface area contributed by atoms with Crippen molar-refractivity contribution in [1.29, 1.82) is 0 Å². The van der Waals surface area contributed by atoms with Crippen LogP contribution in [0.2, 0.25) is 5.02 Å². The first-order chi connectivity index (χ1) is 9.29. The molecule has 0 fully saturated rings. The van der Waals surface area contributed by atoms with E-state index in [1.54, 1.807) is 32.9 Å². The van der Waals surface area contributed by atoms with Crippen LogP contribution >= 0.6 is 11.6 Å². The molecule has 0 heterocycles. The number of alkyl carbamates (subject to hydrolysis) is 1. The maximum Gasteiger partial charge on any atom is 0.407 e. The van der Waals surface area contributed by atoms with Crippen molar-refractivity contribution in [2.24, 2.45) is 0 Å². The lowest BCUT2D eigenvalue weighted by atomic mass is 10.2. The van der Waals surface area contributed by atoms with Crippen molar-refractivity contribution in [3.8, 4) is 17.6 Å². The molecule has 0 spiro atoms. The van der Waals surface area contributed by atoms with Gasteiger partial charge in [-0.25, -0.2) is 4.79 Å². The zero-order valence-electron chi connectivity index (χ0n) is 11.8. The van der Waals surface area contributed by atoms with Gasteiger partial charge in [0, 0.05) is 18.5 Å². The molecule has 0 radical (unpaired) electrons. The van der Waals surface area contributed by atoms with Crippen LogP contribution in [0.3, 0.4) is 0 Å². The molecule has 1 aromatic rings. The van der Waals surface area contributed by atoms with E-state index in [0.29, 0.717) is 18.5 Å². The average molecular weight is 296 g/mol. The molecular weight excluding hydrogens is 278 g/mol. The second-order valence-electron chi connectivity index (χ2n) is 5.12. The van der Waals surface area contributed by atoms with Gasteiger partial charge in [0.25, 0.3) is 0 Å². The fourth-order valence-corrected chi connectivity index (χ4v) is 1.49. The van der Waals surface area contributed by atoms with Crippen molar-refractivity contribution in [3.63, 3.8) is 0 Å². The summed E-state index contributed by atoms with van der Waals surface area (Å²) in [6, 6.07) is 4.89. The molecule has 0 aliphatic carbocycles. The van der Waals surface area contributed by atoms with Gasteiger partial charge in [-0.05, 0) is 32.9 Å². The third kappa shape index (κ3) is 5.85. The normalized spacial score (nSPS) is 10.4. The lowest BCUT2D eigenvalue weighted by Gasteiger charge is -2.19. The fraction of sp³-hybridized carbons (Fsp3) is 0.400. The molecule has 108 valence electrons. The maximum absolute atomic E-state index is 11.4. The SMILES string of the molecule is CC(C)(C)OC(=O)NCCC#Cc1cccc(O)c1Cl. The Labute approximate surface area is 124 Å². The van der Waals surface area contributed by atoms with Gasteiger partial charge < -0.3 is 15.2 Å². The van der Waals surface area contributed by atoms with E-state index >= 15 is 0 Å². The largest absolute Gasteiger partial charge is 0.506 e. The number of halogens is 1. The summed E-state index contributed by atoms with van der Waals surface area (Å²) in [7, 11) is 0. The van der Waals surface area contributed by atoms with E-state index in [9.17, 15) is 9.90 Å². The number of phenols is 1. The van der Waals surface area contributed by atoms with Gasteiger partial charge in [-0.15, -0.1) is 0 Å². The summed E-state index contributed by atoms with van der Waals surface area (Å²) in [4.78, 5) is 11.4. The van der Waals surface area contributed by atoms with E-state index in [0.717, 1.165) is 0 Å². The molecule has 2 N–H and O–H groups in total. The first-order valence-corrected chi connectivity index (χ1v) is 6.60. The molecule has 20 heavy (non-hydrogen) atoms. The summed E-state index contributed by atoms with van der Waals surface area (Å²) in [5, 5.41) is 12.3. The first-order valence-electron chi connectivity index (χ1n) is 6.23. The highest BCUT2D eigenvalue weighted by Gasteiger charge is 2.15. The monoisotopic (exact) mass is 295 g/mol. The number of ether oxygens (including phenoxy) is 1. The van der Waals surface area contributed by atoms with E-state index < -0.39 is 11.7 Å². The number of benzene rings is 1. The van der Waals surface area contributed by atoms with Crippen molar-refractivity contribution in [1.82, 2.24) is 5.32 Å². The summed E-state index contributed by atoms with van der Waals surface area (Å²) >= 11 is 5.89. The van der Waals surface area contributed by atoms with Crippen molar-refractivity contribution in [2.45, 2.75) is 32.8 Å². The standard InChI is InChI=1S/C15H18ClNO3/c1-15(2,3)20-14(19)17-10-5-4-7-11-8-6-9-12(18)13(11)16/h6,8-9,18H,5,10H2,1-3H3,(H,17,19). The van der Waals surface area contributed by atoms with Crippen LogP contribution in [0.25, 0.3) is 0 Å². The van der Waals surface area contributed by atoms with Gasteiger partial charge in [0.1, 0.15) is 11.4 Å². The molecule has 1 aromatic carbocycles. The predicted molar refractivity (Wildman–Crippen MR) is 78.8 cm³/mol. The van der Waals surface area contributed by atoms with Crippen LogP contribution in [-0.4, -0.2) is 23.3 Å². The summed E-state index contributed by atoms with van der Waals surface area (Å²) < 4.78 is 5.08. The van der Waals surface area contributed by atoms with Crippen LogP contribution in [0.1, 0.15) is 32.8 Å². The van der Waals surface area contributed by atoms with Crippen LogP contribution in [0.4, 0.5) is 4.79 Å². The van der Waals surface area contributed by atoms with E-state index in [2.05, 4.69) is 17.2 Å². The van der Waals surface area contributed by atoms with Crippen molar-refractivity contribution in [3.05, 3.63) is 28.8 Å². The van der Waals surface area contributed by atoms with Gasteiger partial charge in [0.2, 0.25) is 0 Å². The highest BCUT2D eigenvalue weighted by Crippen LogP contribution is 2.25. The molecular formula is C15H18ClNO3. The Hall–Kier alpha value is -1.86. The van der Waals surface area contributed by atoms with Gasteiger partial charge in [0.05, 0.1) is 5.02 Å². The summed E-state index contributed by atoms with van der Waals surface area (Å²) in [6.07, 6.45) is 0.000268. The minimum Gasteiger partial charge on any atom is -0.506 e. The molecule has 0 saturated carbocycles. The zero-order chi connectivity index (χ0) is 15.2. The number of carbonyl (C=O) groups excluding carboxylic acids is 1. The third-order valence-electron chi connectivity index (χ3n) is 2.12. The van der Waals surface area contributed by atoms with Gasteiger partial charge in [-0.1, -0.05) is 29.5 Å². The maximum atomic E-state index is 11.4. The first kappa shape index (κ1) is 16.2. The van der Waals surface area contributed by atoms with Gasteiger partial charge in [-0.2, -0.15) is 0 Å². The number of nitrogens with one attached hydrogen (secondary N) is 1. The Balaban J connectivity index is 2.41. The van der Waals surface area contributed by atoms with Gasteiger partial charge >= 0.3 is 6.09 Å². The second-order valence-corrected chi connectivity index (χ2v) is 5.50. The number of phenolic OH excluding ortho intramolecular Hbond substituents is 1. The quantitative estimate of drug-likeness (QED) is 0.650. The Bertz CT molecular complexity index is 538. The number of carbonyl (C=O) groups is 1. The number of hydrogen-bond donors (Lipinski definition) is 2. The Morgan fingerprint density at radius 2 is 2.15 bits per heavy atom. The summed E-state index contributed by atoms with van der Waals surface area (Å²) in [6.45, 7) is 5.79. The minimum atomic E-state index is -0.509. The highest BCUT2D eigenvalue weighted by molar-refractivity contribution is 6.33. The van der Waals surface area contributed by atoms with E-state index in [1.165, 1.54) is 6.07 Å². The molecule has 1 rings (SSSR count). The molecule has 0 saturated heterocycles. The molecule has 0 aliphatic heterocycles. The lowest BCUT2D eigenvalue weighted by Crippen LogP contribution is -2.32.